The summed E-state index contributed by atoms with van der Waals surface area (Å²) in [5, 5.41) is 3.11. The molecule has 0 aromatic carbocycles. The summed E-state index contributed by atoms with van der Waals surface area (Å²) in [7, 11) is 0. The van der Waals surface area contributed by atoms with Crippen molar-refractivity contribution in [1.29, 1.82) is 0 Å². The van der Waals surface area contributed by atoms with Crippen molar-refractivity contribution in [3.63, 3.8) is 0 Å². The molecule has 2 aliphatic rings. The lowest BCUT2D eigenvalue weighted by atomic mass is 10.0. The smallest absolute Gasteiger partial charge is 0.268 e. The third-order valence-electron chi connectivity index (χ3n) is 3.86. The Hall–Kier alpha value is -1.49. The molecule has 3 N–H and O–H groups in total. The van der Waals surface area contributed by atoms with E-state index in [1.165, 1.54) is 0 Å². The Morgan fingerprint density at radius 3 is 2.95 bits per heavy atom. The summed E-state index contributed by atoms with van der Waals surface area (Å²) < 4.78 is 7.52. The molecule has 2 fully saturated rings. The van der Waals surface area contributed by atoms with E-state index in [0.717, 1.165) is 32.3 Å². The number of carbonyl (C=O) groups is 1. The minimum atomic E-state index is -0.0114. The average Bonchev–Trinajstić information content (AvgIpc) is 3.12. The van der Waals surface area contributed by atoms with Gasteiger partial charge < -0.3 is 20.4 Å². The molecule has 0 spiro atoms. The van der Waals surface area contributed by atoms with E-state index in [9.17, 15) is 4.79 Å². The fourth-order valence-electron chi connectivity index (χ4n) is 2.73. The SMILES string of the molecule is CC1CC(NC(=O)c2cc(N)cn2C2CC2)CCO1. The third-order valence-corrected chi connectivity index (χ3v) is 3.86. The van der Waals surface area contributed by atoms with Crippen molar-refractivity contribution in [3.05, 3.63) is 18.0 Å². The van der Waals surface area contributed by atoms with Gasteiger partial charge in [0.25, 0.3) is 5.91 Å². The van der Waals surface area contributed by atoms with Gasteiger partial charge >= 0.3 is 0 Å². The number of nitrogen functional groups attached to an aromatic ring is 1. The van der Waals surface area contributed by atoms with E-state index < -0.39 is 0 Å². The summed E-state index contributed by atoms with van der Waals surface area (Å²) in [5.41, 5.74) is 7.18. The highest BCUT2D eigenvalue weighted by Crippen LogP contribution is 2.37. The molecule has 1 saturated heterocycles. The summed E-state index contributed by atoms with van der Waals surface area (Å²) in [6.07, 6.45) is 6.14. The number of ether oxygens (including phenoxy) is 1. The lowest BCUT2D eigenvalue weighted by Crippen LogP contribution is -2.41. The van der Waals surface area contributed by atoms with Crippen LogP contribution in [0.25, 0.3) is 0 Å². The number of nitrogens with zero attached hydrogens (tertiary/aromatic N) is 1. The fourth-order valence-corrected chi connectivity index (χ4v) is 2.73. The monoisotopic (exact) mass is 263 g/mol. The molecule has 5 heteroatoms. The van der Waals surface area contributed by atoms with Gasteiger partial charge in [0.1, 0.15) is 5.69 Å². The average molecular weight is 263 g/mol. The van der Waals surface area contributed by atoms with Crippen molar-refractivity contribution in [2.45, 2.75) is 50.8 Å². The molecule has 2 unspecified atom stereocenters. The van der Waals surface area contributed by atoms with Crippen LogP contribution >= 0.6 is 0 Å². The van der Waals surface area contributed by atoms with E-state index in [4.69, 9.17) is 10.5 Å². The second-order valence-corrected chi connectivity index (χ2v) is 5.67. The van der Waals surface area contributed by atoms with Crippen molar-refractivity contribution >= 4 is 11.6 Å². The normalized spacial score (nSPS) is 27.2. The molecule has 0 radical (unpaired) electrons. The van der Waals surface area contributed by atoms with Crippen LogP contribution in [0.5, 0.6) is 0 Å². The number of anilines is 1. The number of hydrogen-bond donors (Lipinski definition) is 2. The fraction of sp³-hybridized carbons (Fsp3) is 0.643. The number of nitrogens with one attached hydrogen (secondary N) is 1. The number of nitrogens with two attached hydrogens (primary N) is 1. The van der Waals surface area contributed by atoms with E-state index in [2.05, 4.69) is 5.32 Å². The first-order chi connectivity index (χ1) is 9.13. The molecule has 0 bridgehead atoms. The van der Waals surface area contributed by atoms with Crippen molar-refractivity contribution in [2.75, 3.05) is 12.3 Å². The standard InChI is InChI=1S/C14H21N3O2/c1-9-6-11(4-5-19-9)16-14(18)13-7-10(15)8-17(13)12-2-3-12/h7-9,11-12H,2-6,15H2,1H3,(H,16,18). The first-order valence-electron chi connectivity index (χ1n) is 7.03. The maximum atomic E-state index is 12.4. The van der Waals surface area contributed by atoms with Gasteiger partial charge in [-0.05, 0) is 38.7 Å². The van der Waals surface area contributed by atoms with Gasteiger partial charge in [-0.15, -0.1) is 0 Å². The molecule has 1 aromatic heterocycles. The molecule has 3 rings (SSSR count). The third kappa shape index (κ3) is 2.76. The summed E-state index contributed by atoms with van der Waals surface area (Å²) in [5.74, 6) is -0.0114. The highest BCUT2D eigenvalue weighted by Gasteiger charge is 2.29. The summed E-state index contributed by atoms with van der Waals surface area (Å²) >= 11 is 0. The van der Waals surface area contributed by atoms with E-state index in [1.807, 2.05) is 17.7 Å². The van der Waals surface area contributed by atoms with Gasteiger partial charge in [0.05, 0.1) is 11.8 Å². The van der Waals surface area contributed by atoms with Gasteiger partial charge in [0, 0.05) is 24.9 Å². The Balaban J connectivity index is 1.69. The van der Waals surface area contributed by atoms with Crippen LogP contribution in [0.2, 0.25) is 0 Å². The summed E-state index contributed by atoms with van der Waals surface area (Å²) in [6, 6.07) is 2.45. The van der Waals surface area contributed by atoms with E-state index in [-0.39, 0.29) is 18.1 Å². The Kier molecular flexibility index (Phi) is 3.22. The van der Waals surface area contributed by atoms with Crippen LogP contribution < -0.4 is 11.1 Å². The van der Waals surface area contributed by atoms with Crippen molar-refractivity contribution in [1.82, 2.24) is 9.88 Å². The molecule has 19 heavy (non-hydrogen) atoms. The molecule has 1 aromatic rings. The second kappa shape index (κ2) is 4.89. The molecule has 2 atom stereocenters. The lowest BCUT2D eigenvalue weighted by Gasteiger charge is -2.28. The topological polar surface area (TPSA) is 69.3 Å². The Morgan fingerprint density at radius 1 is 1.47 bits per heavy atom. The minimum absolute atomic E-state index is 0.0114. The van der Waals surface area contributed by atoms with Crippen LogP contribution in [0.1, 0.15) is 49.1 Å². The molecular weight excluding hydrogens is 242 g/mol. The Morgan fingerprint density at radius 2 is 2.26 bits per heavy atom. The molecule has 1 amide bonds. The van der Waals surface area contributed by atoms with Crippen LogP contribution in [0.4, 0.5) is 5.69 Å². The van der Waals surface area contributed by atoms with Gasteiger partial charge in [-0.2, -0.15) is 0 Å². The zero-order valence-electron chi connectivity index (χ0n) is 11.3. The molecule has 5 nitrogen and oxygen atoms in total. The van der Waals surface area contributed by atoms with Crippen molar-refractivity contribution in [3.8, 4) is 0 Å². The van der Waals surface area contributed by atoms with Crippen LogP contribution in [-0.4, -0.2) is 29.2 Å². The predicted octanol–water partition coefficient (Wildman–Crippen LogP) is 1.70. The van der Waals surface area contributed by atoms with Crippen LogP contribution in [-0.2, 0) is 4.74 Å². The van der Waals surface area contributed by atoms with Crippen molar-refractivity contribution < 1.29 is 9.53 Å². The maximum Gasteiger partial charge on any atom is 0.268 e. The second-order valence-electron chi connectivity index (χ2n) is 5.67. The lowest BCUT2D eigenvalue weighted by molar-refractivity contribution is 0.0136. The Bertz CT molecular complexity index is 479. The van der Waals surface area contributed by atoms with Crippen LogP contribution in [0.15, 0.2) is 12.3 Å². The molecule has 1 aliphatic heterocycles. The van der Waals surface area contributed by atoms with E-state index in [1.54, 1.807) is 6.07 Å². The van der Waals surface area contributed by atoms with Crippen LogP contribution in [0, 0.1) is 0 Å². The number of carbonyl (C=O) groups excluding carboxylic acids is 1. The molecule has 1 aliphatic carbocycles. The zero-order chi connectivity index (χ0) is 13.4. The van der Waals surface area contributed by atoms with Crippen LogP contribution in [0.3, 0.4) is 0 Å². The first kappa shape index (κ1) is 12.5. The maximum absolute atomic E-state index is 12.4. The van der Waals surface area contributed by atoms with Gasteiger partial charge in [-0.1, -0.05) is 0 Å². The van der Waals surface area contributed by atoms with Gasteiger partial charge in [-0.25, -0.2) is 0 Å². The molecule has 1 saturated carbocycles. The van der Waals surface area contributed by atoms with Gasteiger partial charge in [0.2, 0.25) is 0 Å². The molecule has 104 valence electrons. The molecule has 2 heterocycles. The van der Waals surface area contributed by atoms with Crippen molar-refractivity contribution in [2.24, 2.45) is 0 Å². The largest absolute Gasteiger partial charge is 0.397 e. The van der Waals surface area contributed by atoms with Gasteiger partial charge in [-0.3, -0.25) is 4.79 Å². The predicted molar refractivity (Wildman–Crippen MR) is 73.0 cm³/mol. The number of rotatable bonds is 3. The Labute approximate surface area is 113 Å². The zero-order valence-corrected chi connectivity index (χ0v) is 11.3. The first-order valence-corrected chi connectivity index (χ1v) is 7.03. The number of hydrogen-bond acceptors (Lipinski definition) is 3. The number of amides is 1. The summed E-state index contributed by atoms with van der Waals surface area (Å²) in [4.78, 5) is 12.4. The highest BCUT2D eigenvalue weighted by atomic mass is 16.5. The van der Waals surface area contributed by atoms with E-state index >= 15 is 0 Å². The van der Waals surface area contributed by atoms with Gasteiger partial charge in [0.15, 0.2) is 0 Å². The number of aromatic nitrogens is 1. The summed E-state index contributed by atoms with van der Waals surface area (Å²) in [6.45, 7) is 2.76. The quantitative estimate of drug-likeness (QED) is 0.872. The molecular formula is C14H21N3O2. The minimum Gasteiger partial charge on any atom is -0.397 e. The highest BCUT2D eigenvalue weighted by molar-refractivity contribution is 5.94. The van der Waals surface area contributed by atoms with E-state index in [0.29, 0.717) is 17.4 Å².